The second-order valence-electron chi connectivity index (χ2n) is 5.25. The van der Waals surface area contributed by atoms with Gasteiger partial charge < -0.3 is 5.32 Å². The summed E-state index contributed by atoms with van der Waals surface area (Å²) in [6, 6.07) is 11.4. The van der Waals surface area contributed by atoms with Gasteiger partial charge in [0.2, 0.25) is 10.0 Å². The third-order valence-corrected chi connectivity index (χ3v) is 5.56. The van der Waals surface area contributed by atoms with E-state index in [2.05, 4.69) is 32.5 Å². The van der Waals surface area contributed by atoms with Crippen LogP contribution in [0.5, 0.6) is 0 Å². The molecule has 0 unspecified atom stereocenters. The van der Waals surface area contributed by atoms with Gasteiger partial charge in [0.1, 0.15) is 0 Å². The van der Waals surface area contributed by atoms with E-state index in [0.717, 1.165) is 35.6 Å². The number of nitrogens with one attached hydrogen (secondary N) is 2. The highest BCUT2D eigenvalue weighted by atomic mass is 32.2. The van der Waals surface area contributed by atoms with Crippen LogP contribution in [0.15, 0.2) is 47.2 Å². The summed E-state index contributed by atoms with van der Waals surface area (Å²) < 4.78 is 24.9. The molecule has 0 saturated heterocycles. The average molecular weight is 380 g/mol. The van der Waals surface area contributed by atoms with Crippen molar-refractivity contribution in [1.82, 2.24) is 4.98 Å². The first-order chi connectivity index (χ1) is 11.5. The Labute approximate surface area is 149 Å². The highest BCUT2D eigenvalue weighted by Crippen LogP contribution is 2.26. The number of aromatic nitrogens is 1. The highest BCUT2D eigenvalue weighted by molar-refractivity contribution is 7.92. The summed E-state index contributed by atoms with van der Waals surface area (Å²) >= 11 is 3.32. The second kappa shape index (κ2) is 7.33. The number of sulfonamides is 1. The van der Waals surface area contributed by atoms with Gasteiger partial charge in [0.15, 0.2) is 5.13 Å². The SMILES string of the molecule is CS(=O)(=O)Nc1ccc(-c2csc(NCCc3cccs3)n2)cc1. The summed E-state index contributed by atoms with van der Waals surface area (Å²) in [6.45, 7) is 0.852. The molecule has 126 valence electrons. The van der Waals surface area contributed by atoms with E-state index in [4.69, 9.17) is 0 Å². The molecule has 3 aromatic rings. The van der Waals surface area contributed by atoms with Crippen molar-refractivity contribution >= 4 is 43.5 Å². The summed E-state index contributed by atoms with van der Waals surface area (Å²) in [5.74, 6) is 0. The maximum atomic E-state index is 11.2. The molecule has 2 N–H and O–H groups in total. The van der Waals surface area contributed by atoms with Gasteiger partial charge in [-0.1, -0.05) is 18.2 Å². The number of rotatable bonds is 7. The van der Waals surface area contributed by atoms with E-state index in [1.807, 2.05) is 17.5 Å². The number of hydrogen-bond acceptors (Lipinski definition) is 6. The van der Waals surface area contributed by atoms with Crippen LogP contribution < -0.4 is 10.0 Å². The van der Waals surface area contributed by atoms with Crippen LogP contribution in [0, 0.1) is 0 Å². The largest absolute Gasteiger partial charge is 0.361 e. The lowest BCUT2D eigenvalue weighted by molar-refractivity contribution is 0.607. The van der Waals surface area contributed by atoms with E-state index in [1.165, 1.54) is 4.88 Å². The number of benzene rings is 1. The highest BCUT2D eigenvalue weighted by Gasteiger charge is 2.06. The fraction of sp³-hybridized carbons (Fsp3) is 0.188. The molecule has 0 aliphatic rings. The lowest BCUT2D eigenvalue weighted by Crippen LogP contribution is -2.09. The summed E-state index contributed by atoms with van der Waals surface area (Å²) in [5, 5.41) is 8.30. The number of nitrogens with zero attached hydrogens (tertiary/aromatic N) is 1. The number of thiazole rings is 1. The van der Waals surface area contributed by atoms with Gasteiger partial charge in [-0.3, -0.25) is 4.72 Å². The predicted molar refractivity (Wildman–Crippen MR) is 103 cm³/mol. The Morgan fingerprint density at radius 3 is 2.58 bits per heavy atom. The molecule has 0 saturated carbocycles. The molecule has 5 nitrogen and oxygen atoms in total. The molecule has 0 fully saturated rings. The molecule has 0 aliphatic carbocycles. The van der Waals surface area contributed by atoms with Crippen LogP contribution in [-0.4, -0.2) is 26.2 Å². The molecule has 0 radical (unpaired) electrons. The molecule has 0 bridgehead atoms. The smallest absolute Gasteiger partial charge is 0.229 e. The molecule has 3 rings (SSSR count). The molecule has 24 heavy (non-hydrogen) atoms. The summed E-state index contributed by atoms with van der Waals surface area (Å²) in [4.78, 5) is 5.93. The maximum absolute atomic E-state index is 11.2. The van der Waals surface area contributed by atoms with E-state index in [1.54, 1.807) is 34.8 Å². The minimum atomic E-state index is -3.25. The molecule has 0 spiro atoms. The third-order valence-electron chi connectivity index (χ3n) is 3.22. The Balaban J connectivity index is 1.60. The van der Waals surface area contributed by atoms with Crippen LogP contribution in [0.4, 0.5) is 10.8 Å². The van der Waals surface area contributed by atoms with Gasteiger partial charge in [0.25, 0.3) is 0 Å². The standard InChI is InChI=1S/C16H17N3O2S3/c1-24(20,21)19-13-6-4-12(5-7-13)15-11-23-16(18-15)17-9-8-14-3-2-10-22-14/h2-7,10-11,19H,8-9H2,1H3,(H,17,18). The van der Waals surface area contributed by atoms with E-state index in [9.17, 15) is 8.42 Å². The summed E-state index contributed by atoms with van der Waals surface area (Å²) in [6.07, 6.45) is 2.12. The van der Waals surface area contributed by atoms with E-state index in [-0.39, 0.29) is 0 Å². The Morgan fingerprint density at radius 1 is 1.12 bits per heavy atom. The van der Waals surface area contributed by atoms with Crippen LogP contribution >= 0.6 is 22.7 Å². The van der Waals surface area contributed by atoms with Crippen LogP contribution in [0.1, 0.15) is 4.88 Å². The summed E-state index contributed by atoms with van der Waals surface area (Å²) in [5.41, 5.74) is 2.38. The molecule has 0 aliphatic heterocycles. The first-order valence-electron chi connectivity index (χ1n) is 7.30. The number of anilines is 2. The first kappa shape index (κ1) is 16.9. The van der Waals surface area contributed by atoms with Crippen LogP contribution in [0.2, 0.25) is 0 Å². The van der Waals surface area contributed by atoms with Gasteiger partial charge in [-0.15, -0.1) is 22.7 Å². The fourth-order valence-electron chi connectivity index (χ4n) is 2.16. The van der Waals surface area contributed by atoms with Gasteiger partial charge >= 0.3 is 0 Å². The molecule has 2 heterocycles. The average Bonchev–Trinajstić information content (AvgIpc) is 3.18. The van der Waals surface area contributed by atoms with Crippen molar-refractivity contribution < 1.29 is 8.42 Å². The minimum absolute atomic E-state index is 0.547. The molecular formula is C16H17N3O2S3. The van der Waals surface area contributed by atoms with E-state index >= 15 is 0 Å². The third kappa shape index (κ3) is 4.80. The summed E-state index contributed by atoms with van der Waals surface area (Å²) in [7, 11) is -3.25. The zero-order chi connectivity index (χ0) is 17.0. The van der Waals surface area contributed by atoms with E-state index < -0.39 is 10.0 Å². The quantitative estimate of drug-likeness (QED) is 0.653. The molecule has 0 amide bonds. The van der Waals surface area contributed by atoms with Crippen molar-refractivity contribution in [3.8, 4) is 11.3 Å². The monoisotopic (exact) mass is 379 g/mol. The van der Waals surface area contributed by atoms with Crippen molar-refractivity contribution in [3.63, 3.8) is 0 Å². The van der Waals surface area contributed by atoms with Crippen LogP contribution in [0.3, 0.4) is 0 Å². The van der Waals surface area contributed by atoms with Crippen LogP contribution in [0.25, 0.3) is 11.3 Å². The van der Waals surface area contributed by atoms with Crippen molar-refractivity contribution in [2.24, 2.45) is 0 Å². The first-order valence-corrected chi connectivity index (χ1v) is 10.9. The van der Waals surface area contributed by atoms with Gasteiger partial charge in [0.05, 0.1) is 11.9 Å². The lowest BCUT2D eigenvalue weighted by atomic mass is 10.1. The zero-order valence-corrected chi connectivity index (χ0v) is 15.5. The number of hydrogen-bond donors (Lipinski definition) is 2. The predicted octanol–water partition coefficient (Wildman–Crippen LogP) is 3.90. The minimum Gasteiger partial charge on any atom is -0.361 e. The molecule has 0 atom stereocenters. The Bertz CT molecular complexity index is 885. The molecule has 1 aromatic carbocycles. The molecule has 8 heteroatoms. The zero-order valence-electron chi connectivity index (χ0n) is 13.0. The fourth-order valence-corrected chi connectivity index (χ4v) is 4.18. The lowest BCUT2D eigenvalue weighted by Gasteiger charge is -2.04. The Hall–Kier alpha value is -1.90. The van der Waals surface area contributed by atoms with Crippen molar-refractivity contribution in [3.05, 3.63) is 52.0 Å². The second-order valence-corrected chi connectivity index (χ2v) is 8.88. The normalized spacial score (nSPS) is 11.4. The van der Waals surface area contributed by atoms with Gasteiger partial charge in [-0.2, -0.15) is 0 Å². The van der Waals surface area contributed by atoms with Crippen LogP contribution in [-0.2, 0) is 16.4 Å². The van der Waals surface area contributed by atoms with Crippen molar-refractivity contribution in [1.29, 1.82) is 0 Å². The van der Waals surface area contributed by atoms with Gasteiger partial charge in [0, 0.05) is 28.1 Å². The topological polar surface area (TPSA) is 71.1 Å². The Kier molecular flexibility index (Phi) is 5.17. The Morgan fingerprint density at radius 2 is 1.92 bits per heavy atom. The molecule has 2 aromatic heterocycles. The number of thiophene rings is 1. The van der Waals surface area contributed by atoms with Gasteiger partial charge in [-0.05, 0) is 30.0 Å². The maximum Gasteiger partial charge on any atom is 0.229 e. The van der Waals surface area contributed by atoms with Crippen molar-refractivity contribution in [2.75, 3.05) is 22.8 Å². The van der Waals surface area contributed by atoms with Crippen molar-refractivity contribution in [2.45, 2.75) is 6.42 Å². The van der Waals surface area contributed by atoms with Gasteiger partial charge in [-0.25, -0.2) is 13.4 Å². The molecular weight excluding hydrogens is 362 g/mol. The van der Waals surface area contributed by atoms with E-state index in [0.29, 0.717) is 5.69 Å².